The van der Waals surface area contributed by atoms with Crippen LogP contribution in [0.2, 0.25) is 0 Å². The van der Waals surface area contributed by atoms with Crippen molar-refractivity contribution in [3.05, 3.63) is 84.6 Å². The lowest BCUT2D eigenvalue weighted by Crippen LogP contribution is -2.45. The van der Waals surface area contributed by atoms with E-state index in [1.54, 1.807) is 0 Å². The van der Waals surface area contributed by atoms with Gasteiger partial charge in [-0.25, -0.2) is 0 Å². The minimum atomic E-state index is 0.228. The van der Waals surface area contributed by atoms with Gasteiger partial charge in [0.15, 0.2) is 0 Å². The zero-order valence-electron chi connectivity index (χ0n) is 16.6. The van der Waals surface area contributed by atoms with E-state index >= 15 is 0 Å². The van der Waals surface area contributed by atoms with Crippen molar-refractivity contribution < 1.29 is 0 Å². The highest BCUT2D eigenvalue weighted by molar-refractivity contribution is 5.91. The largest absolute Gasteiger partial charge is 0.376 e. The van der Waals surface area contributed by atoms with Gasteiger partial charge < -0.3 is 5.32 Å². The molecule has 1 aromatic heterocycles. The Morgan fingerprint density at radius 1 is 1.14 bits per heavy atom. The molecule has 28 heavy (non-hydrogen) atoms. The SMILES string of the molecule is C=CCN1CCCC[C@H]1C(Nc1cc(C)nc2ccccc12)c1ccccc1. The smallest absolute Gasteiger partial charge is 0.0725 e. The van der Waals surface area contributed by atoms with E-state index in [9.17, 15) is 0 Å². The molecular weight excluding hydrogens is 342 g/mol. The number of hydrogen-bond acceptors (Lipinski definition) is 3. The molecule has 1 fully saturated rings. The van der Waals surface area contributed by atoms with Crippen molar-refractivity contribution in [3.8, 4) is 0 Å². The van der Waals surface area contributed by atoms with E-state index in [0.717, 1.165) is 24.3 Å². The number of piperidine rings is 1. The summed E-state index contributed by atoms with van der Waals surface area (Å²) in [6.07, 6.45) is 5.78. The van der Waals surface area contributed by atoms with Gasteiger partial charge in [-0.05, 0) is 44.0 Å². The van der Waals surface area contributed by atoms with E-state index in [1.807, 2.05) is 6.08 Å². The molecule has 0 aliphatic carbocycles. The number of likely N-dealkylation sites (tertiary alicyclic amines) is 1. The van der Waals surface area contributed by atoms with Gasteiger partial charge in [-0.2, -0.15) is 0 Å². The van der Waals surface area contributed by atoms with Crippen LogP contribution in [0.3, 0.4) is 0 Å². The third-order valence-electron chi connectivity index (χ3n) is 5.73. The monoisotopic (exact) mass is 371 g/mol. The number of pyridine rings is 1. The maximum absolute atomic E-state index is 4.71. The Hall–Kier alpha value is -2.65. The molecule has 0 saturated carbocycles. The number of rotatable bonds is 6. The minimum Gasteiger partial charge on any atom is -0.376 e. The second-order valence-corrected chi connectivity index (χ2v) is 7.71. The summed E-state index contributed by atoms with van der Waals surface area (Å²) in [4.78, 5) is 7.29. The molecule has 1 N–H and O–H groups in total. The number of anilines is 1. The van der Waals surface area contributed by atoms with Crippen LogP contribution < -0.4 is 5.32 Å². The molecule has 4 rings (SSSR count). The topological polar surface area (TPSA) is 28.2 Å². The maximum atomic E-state index is 4.71. The highest BCUT2D eigenvalue weighted by Crippen LogP contribution is 2.34. The normalized spacial score (nSPS) is 18.7. The molecule has 2 aromatic carbocycles. The fraction of sp³-hybridized carbons (Fsp3) is 0.320. The molecule has 0 bridgehead atoms. The number of hydrogen-bond donors (Lipinski definition) is 1. The van der Waals surface area contributed by atoms with Crippen LogP contribution in [0.5, 0.6) is 0 Å². The molecule has 1 saturated heterocycles. The molecule has 0 radical (unpaired) electrons. The summed E-state index contributed by atoms with van der Waals surface area (Å²) < 4.78 is 0. The Balaban J connectivity index is 1.76. The first-order chi connectivity index (χ1) is 13.8. The summed E-state index contributed by atoms with van der Waals surface area (Å²) in [5.41, 5.74) is 4.59. The van der Waals surface area contributed by atoms with Crippen LogP contribution in [0.4, 0.5) is 5.69 Å². The summed E-state index contributed by atoms with van der Waals surface area (Å²) in [7, 11) is 0. The molecule has 3 aromatic rings. The molecule has 0 spiro atoms. The van der Waals surface area contributed by atoms with Crippen LogP contribution in [0, 0.1) is 6.92 Å². The fourth-order valence-corrected chi connectivity index (χ4v) is 4.44. The van der Waals surface area contributed by atoms with Gasteiger partial charge in [0.25, 0.3) is 0 Å². The average molecular weight is 372 g/mol. The van der Waals surface area contributed by atoms with E-state index in [4.69, 9.17) is 4.98 Å². The van der Waals surface area contributed by atoms with Crippen molar-refractivity contribution in [2.45, 2.75) is 38.3 Å². The molecule has 1 aliphatic rings. The fourth-order valence-electron chi connectivity index (χ4n) is 4.44. The van der Waals surface area contributed by atoms with E-state index in [2.05, 4.69) is 84.4 Å². The minimum absolute atomic E-state index is 0.228. The van der Waals surface area contributed by atoms with Crippen LogP contribution in [-0.2, 0) is 0 Å². The van der Waals surface area contributed by atoms with E-state index in [0.29, 0.717) is 6.04 Å². The third kappa shape index (κ3) is 3.95. The summed E-state index contributed by atoms with van der Waals surface area (Å²) in [6.45, 7) is 8.13. The summed E-state index contributed by atoms with van der Waals surface area (Å²) >= 11 is 0. The van der Waals surface area contributed by atoms with Crippen molar-refractivity contribution in [1.82, 2.24) is 9.88 Å². The van der Waals surface area contributed by atoms with Gasteiger partial charge in [0.05, 0.1) is 11.6 Å². The Kier molecular flexibility index (Phi) is 5.73. The number of aryl methyl sites for hydroxylation is 1. The predicted molar refractivity (Wildman–Crippen MR) is 119 cm³/mol. The first kappa shape index (κ1) is 18.7. The highest BCUT2D eigenvalue weighted by Gasteiger charge is 2.30. The van der Waals surface area contributed by atoms with Crippen LogP contribution in [0.25, 0.3) is 10.9 Å². The lowest BCUT2D eigenvalue weighted by Gasteiger charge is -2.41. The van der Waals surface area contributed by atoms with Gasteiger partial charge in [0.1, 0.15) is 0 Å². The van der Waals surface area contributed by atoms with Crippen LogP contribution >= 0.6 is 0 Å². The van der Waals surface area contributed by atoms with Crippen molar-refractivity contribution >= 4 is 16.6 Å². The number of nitrogens with zero attached hydrogens (tertiary/aromatic N) is 2. The summed E-state index contributed by atoms with van der Waals surface area (Å²) in [6, 6.07) is 22.1. The Morgan fingerprint density at radius 2 is 1.93 bits per heavy atom. The lowest BCUT2D eigenvalue weighted by molar-refractivity contribution is 0.147. The second kappa shape index (κ2) is 8.57. The Morgan fingerprint density at radius 3 is 2.75 bits per heavy atom. The number of fused-ring (bicyclic) bond motifs is 1. The highest BCUT2D eigenvalue weighted by atomic mass is 15.2. The molecule has 3 nitrogen and oxygen atoms in total. The van der Waals surface area contributed by atoms with Crippen molar-refractivity contribution in [3.63, 3.8) is 0 Å². The third-order valence-corrected chi connectivity index (χ3v) is 5.73. The molecule has 2 atom stereocenters. The second-order valence-electron chi connectivity index (χ2n) is 7.71. The zero-order valence-corrected chi connectivity index (χ0v) is 16.6. The van der Waals surface area contributed by atoms with Gasteiger partial charge in [-0.1, -0.05) is 61.0 Å². The molecule has 1 aliphatic heterocycles. The Labute approximate surface area is 168 Å². The summed E-state index contributed by atoms with van der Waals surface area (Å²) in [5.74, 6) is 0. The molecule has 144 valence electrons. The number of aromatic nitrogens is 1. The van der Waals surface area contributed by atoms with Crippen molar-refractivity contribution in [1.29, 1.82) is 0 Å². The molecular formula is C25H29N3. The van der Waals surface area contributed by atoms with Crippen LogP contribution in [0.15, 0.2) is 73.3 Å². The predicted octanol–water partition coefficient (Wildman–Crippen LogP) is 5.74. The summed E-state index contributed by atoms with van der Waals surface area (Å²) in [5, 5.41) is 5.10. The zero-order chi connectivity index (χ0) is 19.3. The number of para-hydroxylation sites is 1. The van der Waals surface area contributed by atoms with E-state index < -0.39 is 0 Å². The van der Waals surface area contributed by atoms with Gasteiger partial charge >= 0.3 is 0 Å². The molecule has 2 heterocycles. The Bertz CT molecular complexity index is 935. The number of nitrogens with one attached hydrogen (secondary N) is 1. The average Bonchev–Trinajstić information content (AvgIpc) is 2.73. The van der Waals surface area contributed by atoms with Crippen LogP contribution in [-0.4, -0.2) is 29.0 Å². The quantitative estimate of drug-likeness (QED) is 0.560. The first-order valence-electron chi connectivity index (χ1n) is 10.3. The standard InChI is InChI=1S/C25H29N3/c1-3-16-28-17-10-9-15-24(28)25(20-11-5-4-6-12-20)27-23-18-19(2)26-22-14-8-7-13-21(22)23/h3-8,11-14,18,24-25H,1,9-10,15-17H2,2H3,(H,26,27)/t24-,25?/m0/s1. The maximum Gasteiger partial charge on any atom is 0.0725 e. The first-order valence-corrected chi connectivity index (χ1v) is 10.3. The van der Waals surface area contributed by atoms with Crippen molar-refractivity contribution in [2.24, 2.45) is 0 Å². The van der Waals surface area contributed by atoms with Gasteiger partial charge in [-0.15, -0.1) is 6.58 Å². The molecule has 3 heteroatoms. The van der Waals surface area contributed by atoms with Crippen LogP contribution in [0.1, 0.15) is 36.6 Å². The van der Waals surface area contributed by atoms with E-state index in [1.165, 1.54) is 35.9 Å². The molecule has 1 unspecified atom stereocenters. The van der Waals surface area contributed by atoms with Gasteiger partial charge in [0.2, 0.25) is 0 Å². The van der Waals surface area contributed by atoms with E-state index in [-0.39, 0.29) is 6.04 Å². The van der Waals surface area contributed by atoms with Gasteiger partial charge in [-0.3, -0.25) is 9.88 Å². The molecule has 0 amide bonds. The van der Waals surface area contributed by atoms with Crippen molar-refractivity contribution in [2.75, 3.05) is 18.4 Å². The lowest BCUT2D eigenvalue weighted by atomic mass is 9.90. The van der Waals surface area contributed by atoms with Gasteiger partial charge in [0, 0.05) is 29.4 Å². The number of benzene rings is 2.